The van der Waals surface area contributed by atoms with Gasteiger partial charge in [-0.15, -0.1) is 0 Å². The lowest BCUT2D eigenvalue weighted by molar-refractivity contribution is 0.0600. The molecule has 0 heterocycles. The molecule has 0 saturated heterocycles. The van der Waals surface area contributed by atoms with Crippen molar-refractivity contribution >= 4 is 5.97 Å². The maximum Gasteiger partial charge on any atom is 0.337 e. The Morgan fingerprint density at radius 1 is 1.32 bits per heavy atom. The Labute approximate surface area is 115 Å². The smallest absolute Gasteiger partial charge is 0.337 e. The summed E-state index contributed by atoms with van der Waals surface area (Å²) in [6, 6.07) is 7.61. The summed E-state index contributed by atoms with van der Waals surface area (Å²) < 4.78 is 4.68. The number of nitrogens with one attached hydrogen (secondary N) is 1. The Hall–Kier alpha value is -1.35. The summed E-state index contributed by atoms with van der Waals surface area (Å²) in [6.07, 6.45) is 4.09. The number of hydrogen-bond acceptors (Lipinski definition) is 3. The summed E-state index contributed by atoms with van der Waals surface area (Å²) in [5.41, 5.74) is 1.81. The minimum absolute atomic E-state index is 0.278. The molecule has 2 rings (SSSR count). The number of ether oxygens (including phenoxy) is 1. The van der Waals surface area contributed by atoms with Crippen LogP contribution >= 0.6 is 0 Å². The van der Waals surface area contributed by atoms with Crippen LogP contribution in [0.1, 0.15) is 42.1 Å². The van der Waals surface area contributed by atoms with Gasteiger partial charge in [-0.1, -0.05) is 25.5 Å². The molecule has 1 fully saturated rings. The van der Waals surface area contributed by atoms with E-state index in [1.165, 1.54) is 31.9 Å². The van der Waals surface area contributed by atoms with Crippen LogP contribution in [0.15, 0.2) is 24.3 Å². The fourth-order valence-electron chi connectivity index (χ4n) is 2.81. The molecule has 0 aromatic heterocycles. The molecule has 3 heteroatoms. The van der Waals surface area contributed by atoms with E-state index in [-0.39, 0.29) is 5.97 Å². The summed E-state index contributed by atoms with van der Waals surface area (Å²) >= 11 is 0. The highest BCUT2D eigenvalue weighted by Crippen LogP contribution is 2.29. The van der Waals surface area contributed by atoms with Crippen LogP contribution in [-0.2, 0) is 11.3 Å². The standard InChI is InChI=1S/C16H23NO2/c1-12-3-4-14(9-12)11-17-10-13-5-7-15(8-6-13)16(18)19-2/h5-8,12,14,17H,3-4,9-11H2,1-2H3. The van der Waals surface area contributed by atoms with Crippen LogP contribution in [0.5, 0.6) is 0 Å². The van der Waals surface area contributed by atoms with E-state index in [9.17, 15) is 4.79 Å². The third-order valence-electron chi connectivity index (χ3n) is 3.94. The molecule has 1 aliphatic carbocycles. The van der Waals surface area contributed by atoms with Crippen molar-refractivity contribution in [2.24, 2.45) is 11.8 Å². The molecule has 2 atom stereocenters. The van der Waals surface area contributed by atoms with E-state index in [0.717, 1.165) is 24.9 Å². The SMILES string of the molecule is COC(=O)c1ccc(CNCC2CCC(C)C2)cc1. The summed E-state index contributed by atoms with van der Waals surface area (Å²) in [5, 5.41) is 3.51. The molecule has 0 spiro atoms. The van der Waals surface area contributed by atoms with Gasteiger partial charge in [0.05, 0.1) is 12.7 Å². The number of carbonyl (C=O) groups excluding carboxylic acids is 1. The van der Waals surface area contributed by atoms with Crippen molar-refractivity contribution in [2.75, 3.05) is 13.7 Å². The van der Waals surface area contributed by atoms with Gasteiger partial charge in [-0.3, -0.25) is 0 Å². The Morgan fingerprint density at radius 2 is 2.05 bits per heavy atom. The van der Waals surface area contributed by atoms with Crippen molar-refractivity contribution in [1.82, 2.24) is 5.32 Å². The highest BCUT2D eigenvalue weighted by Gasteiger charge is 2.20. The zero-order chi connectivity index (χ0) is 13.7. The van der Waals surface area contributed by atoms with Gasteiger partial charge in [0.25, 0.3) is 0 Å². The summed E-state index contributed by atoms with van der Waals surface area (Å²) in [5.74, 6) is 1.45. The Balaban J connectivity index is 1.75. The monoisotopic (exact) mass is 261 g/mol. The highest BCUT2D eigenvalue weighted by atomic mass is 16.5. The van der Waals surface area contributed by atoms with Crippen molar-refractivity contribution in [3.05, 3.63) is 35.4 Å². The van der Waals surface area contributed by atoms with Gasteiger partial charge in [-0.2, -0.15) is 0 Å². The highest BCUT2D eigenvalue weighted by molar-refractivity contribution is 5.89. The maximum atomic E-state index is 11.3. The molecule has 0 aliphatic heterocycles. The quantitative estimate of drug-likeness (QED) is 0.828. The molecule has 1 aromatic rings. The molecule has 1 aromatic carbocycles. The zero-order valence-corrected chi connectivity index (χ0v) is 11.8. The number of rotatable bonds is 5. The zero-order valence-electron chi connectivity index (χ0n) is 11.8. The van der Waals surface area contributed by atoms with Gasteiger partial charge in [0.15, 0.2) is 0 Å². The molecule has 1 saturated carbocycles. The third kappa shape index (κ3) is 4.06. The Morgan fingerprint density at radius 3 is 2.63 bits per heavy atom. The van der Waals surface area contributed by atoms with Crippen LogP contribution in [0, 0.1) is 11.8 Å². The lowest BCUT2D eigenvalue weighted by Crippen LogP contribution is -2.21. The Kier molecular flexibility index (Phi) is 4.97. The van der Waals surface area contributed by atoms with E-state index in [1.807, 2.05) is 24.3 Å². The second-order valence-electron chi connectivity index (χ2n) is 5.60. The molecule has 0 amide bonds. The first-order chi connectivity index (χ1) is 9.19. The van der Waals surface area contributed by atoms with E-state index in [0.29, 0.717) is 5.56 Å². The van der Waals surface area contributed by atoms with Crippen molar-refractivity contribution in [2.45, 2.75) is 32.7 Å². The van der Waals surface area contributed by atoms with Crippen LogP contribution in [0.25, 0.3) is 0 Å². The molecule has 0 radical (unpaired) electrons. The average Bonchev–Trinajstić information content (AvgIpc) is 2.84. The largest absolute Gasteiger partial charge is 0.465 e. The average molecular weight is 261 g/mol. The minimum atomic E-state index is -0.278. The summed E-state index contributed by atoms with van der Waals surface area (Å²) in [6.45, 7) is 4.31. The van der Waals surface area contributed by atoms with Gasteiger partial charge >= 0.3 is 5.97 Å². The molecule has 104 valence electrons. The number of carbonyl (C=O) groups is 1. The van der Waals surface area contributed by atoms with Crippen LogP contribution in [-0.4, -0.2) is 19.6 Å². The van der Waals surface area contributed by atoms with Crippen molar-refractivity contribution in [3.8, 4) is 0 Å². The third-order valence-corrected chi connectivity index (χ3v) is 3.94. The first kappa shape index (κ1) is 14.1. The Bertz CT molecular complexity index is 413. The van der Waals surface area contributed by atoms with Crippen molar-refractivity contribution < 1.29 is 9.53 Å². The molecule has 1 aliphatic rings. The fraction of sp³-hybridized carbons (Fsp3) is 0.562. The molecule has 19 heavy (non-hydrogen) atoms. The molecule has 3 nitrogen and oxygen atoms in total. The second-order valence-corrected chi connectivity index (χ2v) is 5.60. The molecule has 0 bridgehead atoms. The van der Waals surface area contributed by atoms with Crippen LogP contribution < -0.4 is 5.32 Å². The van der Waals surface area contributed by atoms with E-state index < -0.39 is 0 Å². The number of methoxy groups -OCH3 is 1. The van der Waals surface area contributed by atoms with E-state index in [1.54, 1.807) is 0 Å². The first-order valence-corrected chi connectivity index (χ1v) is 7.07. The molecular formula is C16H23NO2. The van der Waals surface area contributed by atoms with Gasteiger partial charge in [0.2, 0.25) is 0 Å². The van der Waals surface area contributed by atoms with Crippen LogP contribution in [0.3, 0.4) is 0 Å². The summed E-state index contributed by atoms with van der Waals surface area (Å²) in [4.78, 5) is 11.3. The predicted molar refractivity (Wildman–Crippen MR) is 76.0 cm³/mol. The second kappa shape index (κ2) is 6.71. The lowest BCUT2D eigenvalue weighted by Gasteiger charge is -2.11. The van der Waals surface area contributed by atoms with Gasteiger partial charge in [-0.25, -0.2) is 4.79 Å². The normalized spacial score (nSPS) is 22.4. The van der Waals surface area contributed by atoms with E-state index >= 15 is 0 Å². The predicted octanol–water partition coefficient (Wildman–Crippen LogP) is 3.00. The van der Waals surface area contributed by atoms with Gasteiger partial charge in [-0.05, 0) is 48.9 Å². The van der Waals surface area contributed by atoms with Gasteiger partial charge in [0, 0.05) is 6.54 Å². The number of hydrogen-bond donors (Lipinski definition) is 1. The van der Waals surface area contributed by atoms with E-state index in [2.05, 4.69) is 17.0 Å². The van der Waals surface area contributed by atoms with Gasteiger partial charge in [0.1, 0.15) is 0 Å². The topological polar surface area (TPSA) is 38.3 Å². The van der Waals surface area contributed by atoms with Crippen LogP contribution in [0.4, 0.5) is 0 Å². The van der Waals surface area contributed by atoms with Crippen molar-refractivity contribution in [3.63, 3.8) is 0 Å². The van der Waals surface area contributed by atoms with Gasteiger partial charge < -0.3 is 10.1 Å². The molecular weight excluding hydrogens is 238 g/mol. The molecule has 1 N–H and O–H groups in total. The molecule has 2 unspecified atom stereocenters. The maximum absolute atomic E-state index is 11.3. The van der Waals surface area contributed by atoms with E-state index in [4.69, 9.17) is 0 Å². The fourth-order valence-corrected chi connectivity index (χ4v) is 2.81. The van der Waals surface area contributed by atoms with Crippen molar-refractivity contribution in [1.29, 1.82) is 0 Å². The number of benzene rings is 1. The lowest BCUT2D eigenvalue weighted by atomic mass is 10.1. The van der Waals surface area contributed by atoms with Crippen LogP contribution in [0.2, 0.25) is 0 Å². The number of esters is 1. The summed E-state index contributed by atoms with van der Waals surface area (Å²) in [7, 11) is 1.40. The minimum Gasteiger partial charge on any atom is -0.465 e. The first-order valence-electron chi connectivity index (χ1n) is 7.07.